The zero-order valence-corrected chi connectivity index (χ0v) is 10.7. The highest BCUT2D eigenvalue weighted by molar-refractivity contribution is 9.10. The van der Waals surface area contributed by atoms with Crippen molar-refractivity contribution in [2.75, 3.05) is 0 Å². The SMILES string of the molecule is Cc1cc(C(N)Cc2ccco2)ccc1Br. The van der Waals surface area contributed by atoms with Gasteiger partial charge in [0.15, 0.2) is 0 Å². The average molecular weight is 280 g/mol. The van der Waals surface area contributed by atoms with Crippen LogP contribution in [0.4, 0.5) is 0 Å². The van der Waals surface area contributed by atoms with Crippen molar-refractivity contribution in [3.63, 3.8) is 0 Å². The van der Waals surface area contributed by atoms with Gasteiger partial charge < -0.3 is 10.2 Å². The number of halogens is 1. The van der Waals surface area contributed by atoms with Gasteiger partial charge in [-0.1, -0.05) is 28.1 Å². The predicted octanol–water partition coefficient (Wildman–Crippen LogP) is 3.59. The van der Waals surface area contributed by atoms with Gasteiger partial charge in [0.25, 0.3) is 0 Å². The molecular formula is C13H14BrNO. The molecule has 1 heterocycles. The lowest BCUT2D eigenvalue weighted by Gasteiger charge is -2.11. The van der Waals surface area contributed by atoms with Gasteiger partial charge in [0.05, 0.1) is 6.26 Å². The third kappa shape index (κ3) is 2.54. The first kappa shape index (κ1) is 11.4. The summed E-state index contributed by atoms with van der Waals surface area (Å²) >= 11 is 3.48. The van der Waals surface area contributed by atoms with Crippen LogP contribution in [0.2, 0.25) is 0 Å². The first-order valence-electron chi connectivity index (χ1n) is 5.21. The summed E-state index contributed by atoms with van der Waals surface area (Å²) in [5.41, 5.74) is 8.47. The highest BCUT2D eigenvalue weighted by Crippen LogP contribution is 2.22. The molecule has 0 radical (unpaired) electrons. The van der Waals surface area contributed by atoms with E-state index in [-0.39, 0.29) is 6.04 Å². The van der Waals surface area contributed by atoms with Crippen LogP contribution < -0.4 is 5.73 Å². The molecule has 1 unspecified atom stereocenters. The number of hydrogen-bond donors (Lipinski definition) is 1. The molecule has 2 nitrogen and oxygen atoms in total. The van der Waals surface area contributed by atoms with Crippen LogP contribution >= 0.6 is 15.9 Å². The van der Waals surface area contributed by atoms with E-state index in [4.69, 9.17) is 10.2 Å². The maximum atomic E-state index is 6.13. The summed E-state index contributed by atoms with van der Waals surface area (Å²) in [4.78, 5) is 0. The van der Waals surface area contributed by atoms with Gasteiger partial charge in [0.2, 0.25) is 0 Å². The molecular weight excluding hydrogens is 266 g/mol. The molecule has 16 heavy (non-hydrogen) atoms. The van der Waals surface area contributed by atoms with Crippen molar-refractivity contribution in [3.8, 4) is 0 Å². The lowest BCUT2D eigenvalue weighted by atomic mass is 10.0. The molecule has 0 bridgehead atoms. The summed E-state index contributed by atoms with van der Waals surface area (Å²) in [6.45, 7) is 2.06. The minimum absolute atomic E-state index is 0.0158. The van der Waals surface area contributed by atoms with Crippen LogP contribution in [0, 0.1) is 6.92 Å². The van der Waals surface area contributed by atoms with Crippen LogP contribution in [-0.4, -0.2) is 0 Å². The number of hydrogen-bond acceptors (Lipinski definition) is 2. The smallest absolute Gasteiger partial charge is 0.105 e. The molecule has 2 rings (SSSR count). The minimum Gasteiger partial charge on any atom is -0.469 e. The number of benzene rings is 1. The van der Waals surface area contributed by atoms with Crippen molar-refractivity contribution in [2.45, 2.75) is 19.4 Å². The third-order valence-corrected chi connectivity index (χ3v) is 3.50. The summed E-state index contributed by atoms with van der Waals surface area (Å²) in [6, 6.07) is 10.0. The molecule has 0 aliphatic rings. The van der Waals surface area contributed by atoms with E-state index >= 15 is 0 Å². The second kappa shape index (κ2) is 4.85. The summed E-state index contributed by atoms with van der Waals surface area (Å²) in [6.07, 6.45) is 2.41. The Morgan fingerprint density at radius 2 is 2.19 bits per heavy atom. The quantitative estimate of drug-likeness (QED) is 0.933. The second-order valence-electron chi connectivity index (χ2n) is 3.90. The predicted molar refractivity (Wildman–Crippen MR) is 68.2 cm³/mol. The number of aryl methyl sites for hydroxylation is 1. The van der Waals surface area contributed by atoms with Gasteiger partial charge in [-0.2, -0.15) is 0 Å². The fourth-order valence-corrected chi connectivity index (χ4v) is 1.91. The molecule has 84 valence electrons. The first-order valence-corrected chi connectivity index (χ1v) is 6.00. The minimum atomic E-state index is -0.0158. The monoisotopic (exact) mass is 279 g/mol. The first-order chi connectivity index (χ1) is 7.66. The Morgan fingerprint density at radius 1 is 1.38 bits per heavy atom. The summed E-state index contributed by atoms with van der Waals surface area (Å²) in [5, 5.41) is 0. The van der Waals surface area contributed by atoms with Gasteiger partial charge in [-0.3, -0.25) is 0 Å². The van der Waals surface area contributed by atoms with Crippen LogP contribution in [0.3, 0.4) is 0 Å². The van der Waals surface area contributed by atoms with Crippen molar-refractivity contribution < 1.29 is 4.42 Å². The van der Waals surface area contributed by atoms with Gasteiger partial charge in [-0.05, 0) is 36.2 Å². The van der Waals surface area contributed by atoms with Crippen LogP contribution in [0.5, 0.6) is 0 Å². The van der Waals surface area contributed by atoms with Crippen molar-refractivity contribution in [1.82, 2.24) is 0 Å². The van der Waals surface area contributed by atoms with E-state index in [9.17, 15) is 0 Å². The molecule has 0 saturated heterocycles. The number of furan rings is 1. The maximum absolute atomic E-state index is 6.13. The number of nitrogens with two attached hydrogens (primary N) is 1. The van der Waals surface area contributed by atoms with Gasteiger partial charge >= 0.3 is 0 Å². The van der Waals surface area contributed by atoms with Gasteiger partial charge in [0.1, 0.15) is 5.76 Å². The molecule has 0 saturated carbocycles. The Balaban J connectivity index is 2.14. The standard InChI is InChI=1S/C13H14BrNO/c1-9-7-10(4-5-12(9)14)13(15)8-11-3-2-6-16-11/h2-7,13H,8,15H2,1H3. The van der Waals surface area contributed by atoms with Gasteiger partial charge in [-0.25, -0.2) is 0 Å². The van der Waals surface area contributed by atoms with E-state index in [0.717, 1.165) is 22.2 Å². The topological polar surface area (TPSA) is 39.2 Å². The van der Waals surface area contributed by atoms with E-state index < -0.39 is 0 Å². The molecule has 0 aliphatic carbocycles. The molecule has 2 aromatic rings. The van der Waals surface area contributed by atoms with Crippen molar-refractivity contribution >= 4 is 15.9 Å². The molecule has 3 heteroatoms. The fraction of sp³-hybridized carbons (Fsp3) is 0.231. The lowest BCUT2D eigenvalue weighted by Crippen LogP contribution is -2.13. The van der Waals surface area contributed by atoms with Crippen LogP contribution in [0.15, 0.2) is 45.5 Å². The zero-order chi connectivity index (χ0) is 11.5. The van der Waals surface area contributed by atoms with Gasteiger partial charge in [0, 0.05) is 16.9 Å². The zero-order valence-electron chi connectivity index (χ0n) is 9.11. The third-order valence-electron chi connectivity index (χ3n) is 2.61. The molecule has 0 aliphatic heterocycles. The van der Waals surface area contributed by atoms with Crippen LogP contribution in [-0.2, 0) is 6.42 Å². The van der Waals surface area contributed by atoms with E-state index in [2.05, 4.69) is 28.9 Å². The summed E-state index contributed by atoms with van der Waals surface area (Å²) < 4.78 is 6.40. The van der Waals surface area contributed by atoms with Crippen molar-refractivity contribution in [1.29, 1.82) is 0 Å². The molecule has 0 fully saturated rings. The normalized spacial score (nSPS) is 12.7. The molecule has 0 amide bonds. The molecule has 2 N–H and O–H groups in total. The Hall–Kier alpha value is -1.06. The Morgan fingerprint density at radius 3 is 2.81 bits per heavy atom. The van der Waals surface area contributed by atoms with Crippen molar-refractivity contribution in [2.24, 2.45) is 5.73 Å². The lowest BCUT2D eigenvalue weighted by molar-refractivity contribution is 0.488. The highest BCUT2D eigenvalue weighted by atomic mass is 79.9. The maximum Gasteiger partial charge on any atom is 0.105 e. The molecule has 1 aromatic heterocycles. The fourth-order valence-electron chi connectivity index (χ4n) is 1.66. The van der Waals surface area contributed by atoms with Crippen LogP contribution in [0.25, 0.3) is 0 Å². The van der Waals surface area contributed by atoms with Gasteiger partial charge in [-0.15, -0.1) is 0 Å². The van der Waals surface area contributed by atoms with E-state index in [0.29, 0.717) is 0 Å². The van der Waals surface area contributed by atoms with Crippen LogP contribution in [0.1, 0.15) is 22.9 Å². The molecule has 1 aromatic carbocycles. The Labute approximate surface area is 104 Å². The van der Waals surface area contributed by atoms with E-state index in [1.54, 1.807) is 6.26 Å². The Bertz CT molecular complexity index is 465. The largest absolute Gasteiger partial charge is 0.469 e. The van der Waals surface area contributed by atoms with E-state index in [1.807, 2.05) is 24.3 Å². The average Bonchev–Trinajstić information content (AvgIpc) is 2.74. The molecule has 1 atom stereocenters. The number of rotatable bonds is 3. The highest BCUT2D eigenvalue weighted by Gasteiger charge is 2.09. The van der Waals surface area contributed by atoms with E-state index in [1.165, 1.54) is 5.56 Å². The summed E-state index contributed by atoms with van der Waals surface area (Å²) in [5.74, 6) is 0.924. The molecule has 0 spiro atoms. The summed E-state index contributed by atoms with van der Waals surface area (Å²) in [7, 11) is 0. The Kier molecular flexibility index (Phi) is 3.46. The second-order valence-corrected chi connectivity index (χ2v) is 4.75. The van der Waals surface area contributed by atoms with Crippen molar-refractivity contribution in [3.05, 3.63) is 58.0 Å².